The lowest BCUT2D eigenvalue weighted by atomic mass is 10.2. The standard InChI is InChI=1S/C9H10NO/c1-2-10-9-6-4-3-5-8(9)7-11/h3-6,10H,2H2,1H3. The lowest BCUT2D eigenvalue weighted by molar-refractivity contribution is 0.563. The van der Waals surface area contributed by atoms with Crippen LogP contribution in [0.2, 0.25) is 0 Å². The van der Waals surface area contributed by atoms with Crippen LogP contribution in [0.15, 0.2) is 24.3 Å². The maximum atomic E-state index is 10.3. The zero-order chi connectivity index (χ0) is 8.10. The molecule has 1 radical (unpaired) electrons. The minimum absolute atomic E-state index is 0.592. The Labute approximate surface area is 66.2 Å². The maximum Gasteiger partial charge on any atom is 0.235 e. The second kappa shape index (κ2) is 3.76. The van der Waals surface area contributed by atoms with Crippen LogP contribution in [0.25, 0.3) is 0 Å². The molecule has 0 aliphatic carbocycles. The summed E-state index contributed by atoms with van der Waals surface area (Å²) >= 11 is 0. The summed E-state index contributed by atoms with van der Waals surface area (Å²) in [5.41, 5.74) is 1.44. The Morgan fingerprint density at radius 1 is 1.45 bits per heavy atom. The van der Waals surface area contributed by atoms with E-state index in [1.807, 2.05) is 31.4 Å². The average Bonchev–Trinajstić information content (AvgIpc) is 2.06. The second-order valence-corrected chi connectivity index (χ2v) is 2.18. The predicted molar refractivity (Wildman–Crippen MR) is 45.4 cm³/mol. The largest absolute Gasteiger partial charge is 0.385 e. The lowest BCUT2D eigenvalue weighted by Crippen LogP contribution is -1.99. The lowest BCUT2D eigenvalue weighted by Gasteiger charge is -2.03. The molecule has 0 heterocycles. The van der Waals surface area contributed by atoms with E-state index in [9.17, 15) is 4.79 Å². The van der Waals surface area contributed by atoms with E-state index in [0.717, 1.165) is 12.2 Å². The molecule has 0 atom stereocenters. The van der Waals surface area contributed by atoms with Crippen LogP contribution in [0.4, 0.5) is 5.69 Å². The van der Waals surface area contributed by atoms with E-state index in [1.54, 1.807) is 6.07 Å². The zero-order valence-corrected chi connectivity index (χ0v) is 6.42. The fourth-order valence-corrected chi connectivity index (χ4v) is 0.917. The van der Waals surface area contributed by atoms with Crippen LogP contribution >= 0.6 is 0 Å². The van der Waals surface area contributed by atoms with Gasteiger partial charge in [-0.1, -0.05) is 12.1 Å². The minimum Gasteiger partial charge on any atom is -0.385 e. The summed E-state index contributed by atoms with van der Waals surface area (Å²) in [6.07, 6.45) is 1.87. The van der Waals surface area contributed by atoms with Crippen molar-refractivity contribution in [3.8, 4) is 0 Å². The second-order valence-electron chi connectivity index (χ2n) is 2.18. The third-order valence-electron chi connectivity index (χ3n) is 1.40. The fourth-order valence-electron chi connectivity index (χ4n) is 0.917. The van der Waals surface area contributed by atoms with Crippen molar-refractivity contribution in [1.82, 2.24) is 0 Å². The molecule has 1 aromatic carbocycles. The Hall–Kier alpha value is -1.31. The van der Waals surface area contributed by atoms with Crippen LogP contribution in [0.1, 0.15) is 12.5 Å². The number of hydrogen-bond donors (Lipinski definition) is 1. The van der Waals surface area contributed by atoms with Gasteiger partial charge in [-0.3, -0.25) is 4.79 Å². The molecule has 0 bridgehead atoms. The first-order valence-electron chi connectivity index (χ1n) is 3.59. The van der Waals surface area contributed by atoms with E-state index >= 15 is 0 Å². The average molecular weight is 148 g/mol. The topological polar surface area (TPSA) is 29.1 Å². The highest BCUT2D eigenvalue weighted by molar-refractivity contribution is 5.84. The summed E-state index contributed by atoms with van der Waals surface area (Å²) in [5.74, 6) is 0. The minimum atomic E-state index is 0.592. The van der Waals surface area contributed by atoms with Crippen LogP contribution < -0.4 is 5.32 Å². The van der Waals surface area contributed by atoms with Gasteiger partial charge < -0.3 is 5.32 Å². The van der Waals surface area contributed by atoms with Gasteiger partial charge in [0.1, 0.15) is 0 Å². The highest BCUT2D eigenvalue weighted by Gasteiger charge is 1.97. The van der Waals surface area contributed by atoms with Gasteiger partial charge in [-0.2, -0.15) is 0 Å². The first kappa shape index (κ1) is 7.79. The van der Waals surface area contributed by atoms with Gasteiger partial charge in [-0.25, -0.2) is 0 Å². The highest BCUT2D eigenvalue weighted by atomic mass is 16.1. The van der Waals surface area contributed by atoms with E-state index < -0.39 is 0 Å². The monoisotopic (exact) mass is 148 g/mol. The number of benzene rings is 1. The van der Waals surface area contributed by atoms with E-state index in [4.69, 9.17) is 0 Å². The van der Waals surface area contributed by atoms with E-state index in [1.165, 1.54) is 0 Å². The molecular weight excluding hydrogens is 138 g/mol. The van der Waals surface area contributed by atoms with E-state index in [2.05, 4.69) is 5.32 Å². The molecule has 1 aromatic rings. The molecule has 0 aromatic heterocycles. The number of carbonyl (C=O) groups excluding carboxylic acids is 1. The molecule has 0 unspecified atom stereocenters. The van der Waals surface area contributed by atoms with Crippen LogP contribution in [-0.4, -0.2) is 12.8 Å². The Balaban J connectivity index is 2.92. The van der Waals surface area contributed by atoms with Crippen LogP contribution in [0.3, 0.4) is 0 Å². The summed E-state index contributed by atoms with van der Waals surface area (Å²) in [4.78, 5) is 10.3. The van der Waals surface area contributed by atoms with Crippen LogP contribution in [0.5, 0.6) is 0 Å². The number of rotatable bonds is 3. The highest BCUT2D eigenvalue weighted by Crippen LogP contribution is 2.11. The molecule has 0 saturated heterocycles. The van der Waals surface area contributed by atoms with Gasteiger partial charge in [-0.05, 0) is 19.1 Å². The molecule has 0 amide bonds. The molecule has 1 N–H and O–H groups in total. The number of anilines is 1. The molecule has 0 aliphatic rings. The summed E-state index contributed by atoms with van der Waals surface area (Å²) < 4.78 is 0. The molecular formula is C9H10NO. The Morgan fingerprint density at radius 2 is 2.18 bits per heavy atom. The van der Waals surface area contributed by atoms with Gasteiger partial charge in [0.25, 0.3) is 0 Å². The molecule has 0 aliphatic heterocycles. The predicted octanol–water partition coefficient (Wildman–Crippen LogP) is 1.58. The molecule has 1 rings (SSSR count). The van der Waals surface area contributed by atoms with Crippen LogP contribution in [0, 0.1) is 0 Å². The molecule has 0 fully saturated rings. The van der Waals surface area contributed by atoms with E-state index in [0.29, 0.717) is 5.56 Å². The first-order valence-corrected chi connectivity index (χ1v) is 3.59. The Kier molecular flexibility index (Phi) is 2.66. The van der Waals surface area contributed by atoms with Crippen molar-refractivity contribution < 1.29 is 4.79 Å². The van der Waals surface area contributed by atoms with Gasteiger partial charge in [0.05, 0.1) is 0 Å². The third kappa shape index (κ3) is 1.80. The number of para-hydroxylation sites is 1. The summed E-state index contributed by atoms with van der Waals surface area (Å²) in [6.45, 7) is 2.81. The normalized spacial score (nSPS) is 9.18. The SMILES string of the molecule is CCNc1ccccc1[C]=O. The van der Waals surface area contributed by atoms with Gasteiger partial charge in [-0.15, -0.1) is 0 Å². The van der Waals surface area contributed by atoms with Gasteiger partial charge in [0.2, 0.25) is 6.29 Å². The van der Waals surface area contributed by atoms with Crippen molar-refractivity contribution in [3.05, 3.63) is 29.8 Å². The summed E-state index contributed by atoms with van der Waals surface area (Å²) in [7, 11) is 0. The van der Waals surface area contributed by atoms with Gasteiger partial charge in [0, 0.05) is 17.8 Å². The third-order valence-corrected chi connectivity index (χ3v) is 1.40. The van der Waals surface area contributed by atoms with Crippen molar-refractivity contribution in [2.45, 2.75) is 6.92 Å². The van der Waals surface area contributed by atoms with Crippen molar-refractivity contribution in [3.63, 3.8) is 0 Å². The van der Waals surface area contributed by atoms with Gasteiger partial charge in [0.15, 0.2) is 0 Å². The smallest absolute Gasteiger partial charge is 0.235 e. The summed E-state index contributed by atoms with van der Waals surface area (Å²) in [5, 5.41) is 3.06. The fraction of sp³-hybridized carbons (Fsp3) is 0.222. The molecule has 57 valence electrons. The van der Waals surface area contributed by atoms with Crippen molar-refractivity contribution in [1.29, 1.82) is 0 Å². The maximum absolute atomic E-state index is 10.3. The van der Waals surface area contributed by atoms with Crippen molar-refractivity contribution in [2.75, 3.05) is 11.9 Å². The van der Waals surface area contributed by atoms with E-state index in [-0.39, 0.29) is 0 Å². The first-order chi connectivity index (χ1) is 5.38. The summed E-state index contributed by atoms with van der Waals surface area (Å²) in [6, 6.07) is 7.31. The van der Waals surface area contributed by atoms with Crippen molar-refractivity contribution >= 4 is 12.0 Å². The van der Waals surface area contributed by atoms with Crippen molar-refractivity contribution in [2.24, 2.45) is 0 Å². The Bertz CT molecular complexity index is 245. The molecule has 0 saturated carbocycles. The molecule has 2 nitrogen and oxygen atoms in total. The number of nitrogens with one attached hydrogen (secondary N) is 1. The number of hydrogen-bond acceptors (Lipinski definition) is 2. The van der Waals surface area contributed by atoms with Gasteiger partial charge >= 0.3 is 0 Å². The quantitative estimate of drug-likeness (QED) is 0.705. The molecule has 11 heavy (non-hydrogen) atoms. The molecule has 2 heteroatoms. The van der Waals surface area contributed by atoms with Crippen LogP contribution in [-0.2, 0) is 4.79 Å². The zero-order valence-electron chi connectivity index (χ0n) is 6.42. The Morgan fingerprint density at radius 3 is 2.82 bits per heavy atom. The molecule has 0 spiro atoms.